The van der Waals surface area contributed by atoms with Crippen LogP contribution in [-0.2, 0) is 18.4 Å². The molecule has 0 aromatic carbocycles. The van der Waals surface area contributed by atoms with Crippen LogP contribution >= 0.6 is 0 Å². The van der Waals surface area contributed by atoms with Gasteiger partial charge in [-0.3, -0.25) is 9.59 Å². The molecule has 0 aliphatic rings. The third-order valence-electron chi connectivity index (χ3n) is 4.02. The van der Waals surface area contributed by atoms with Gasteiger partial charge in [-0.05, 0) is 44.7 Å². The number of nitrogens with zero attached hydrogens (tertiary/aromatic N) is 1. The minimum absolute atomic E-state index is 0.0954. The second-order valence-electron chi connectivity index (χ2n) is 7.89. The van der Waals surface area contributed by atoms with Crippen molar-refractivity contribution >= 4 is 28.8 Å². The maximum atomic E-state index is 11.1. The van der Waals surface area contributed by atoms with Gasteiger partial charge in [0.1, 0.15) is 0 Å². The lowest BCUT2D eigenvalue weighted by atomic mass is 10.3. The number of carbonyl (C=O) groups is 2. The molecule has 0 heterocycles. The Balaban J connectivity index is 3.98. The van der Waals surface area contributed by atoms with Gasteiger partial charge in [0.25, 0.3) is 5.91 Å². The second-order valence-corrected chi connectivity index (χ2v) is 16.7. The zero-order chi connectivity index (χ0) is 19.5. The Morgan fingerprint density at radius 3 is 2.24 bits per heavy atom. The Morgan fingerprint density at radius 2 is 1.72 bits per heavy atom. The molecule has 0 aliphatic heterocycles. The van der Waals surface area contributed by atoms with E-state index < -0.39 is 28.6 Å². The number of hydrogen-bond donors (Lipinski definition) is 1. The summed E-state index contributed by atoms with van der Waals surface area (Å²) >= 11 is 0. The summed E-state index contributed by atoms with van der Waals surface area (Å²) in [5, 5.41) is 9.81. The molecule has 0 saturated carbocycles. The van der Waals surface area contributed by atoms with E-state index >= 15 is 0 Å². The fourth-order valence-corrected chi connectivity index (χ4v) is 11.8. The van der Waals surface area contributed by atoms with Gasteiger partial charge in [-0.1, -0.05) is 19.8 Å². The Morgan fingerprint density at radius 1 is 1.16 bits per heavy atom. The lowest BCUT2D eigenvalue weighted by molar-refractivity contribution is -0.139. The van der Waals surface area contributed by atoms with Crippen LogP contribution < -0.4 is 0 Å². The van der Waals surface area contributed by atoms with Crippen molar-refractivity contribution in [2.45, 2.75) is 70.6 Å². The first-order valence-electron chi connectivity index (χ1n) is 9.19. The summed E-state index contributed by atoms with van der Waals surface area (Å²) in [5.41, 5.74) is 0. The van der Waals surface area contributed by atoms with Crippen molar-refractivity contribution in [1.29, 1.82) is 0 Å². The fourth-order valence-electron chi connectivity index (χ4n) is 2.82. The van der Waals surface area contributed by atoms with E-state index in [1.54, 1.807) is 0 Å². The Kier molecular flexibility index (Phi) is 11.7. The van der Waals surface area contributed by atoms with Gasteiger partial charge in [0.2, 0.25) is 6.29 Å². The largest absolute Gasteiger partial charge is 0.455 e. The first-order chi connectivity index (χ1) is 11.5. The number of aldehydes is 1. The lowest BCUT2D eigenvalue weighted by Gasteiger charge is -2.34. The van der Waals surface area contributed by atoms with E-state index in [4.69, 9.17) is 8.85 Å². The Bertz CT molecular complexity index is 404. The minimum atomic E-state index is -1.68. The molecule has 148 valence electrons. The van der Waals surface area contributed by atoms with Crippen LogP contribution in [-0.4, -0.2) is 71.7 Å². The zero-order valence-electron chi connectivity index (χ0n) is 16.8. The summed E-state index contributed by atoms with van der Waals surface area (Å²) in [6, 6.07) is 2.25. The van der Waals surface area contributed by atoms with E-state index in [2.05, 4.69) is 33.1 Å². The topological polar surface area (TPSA) is 76.1 Å². The monoisotopic (exact) mass is 391 g/mol. The van der Waals surface area contributed by atoms with Gasteiger partial charge in [-0.2, -0.15) is 0 Å². The van der Waals surface area contributed by atoms with Crippen LogP contribution in [0.1, 0.15) is 26.2 Å². The maximum absolute atomic E-state index is 11.1. The Labute approximate surface area is 155 Å². The van der Waals surface area contributed by atoms with Crippen molar-refractivity contribution in [2.24, 2.45) is 0 Å². The molecule has 1 N–H and O–H groups in total. The second kappa shape index (κ2) is 12.0. The standard InChI is InChI=1S/C17H37NO5Si2/c1-7-8-11-24(3,4)23-25(5,6)12-9-10-22-15-16(20)13-18(2)17(21)14-19/h14,16,20H,7-13,15H2,1-6H3. The minimum Gasteiger partial charge on any atom is -0.455 e. The highest BCUT2D eigenvalue weighted by Gasteiger charge is 2.32. The summed E-state index contributed by atoms with van der Waals surface area (Å²) < 4.78 is 12.0. The number of aliphatic hydroxyl groups is 1. The number of rotatable bonds is 14. The van der Waals surface area contributed by atoms with Gasteiger partial charge < -0.3 is 18.9 Å². The Hall–Kier alpha value is -0.546. The zero-order valence-corrected chi connectivity index (χ0v) is 18.8. The van der Waals surface area contributed by atoms with Crippen molar-refractivity contribution in [1.82, 2.24) is 4.90 Å². The molecule has 0 spiro atoms. The smallest absolute Gasteiger partial charge is 0.286 e. The molecule has 6 nitrogen and oxygen atoms in total. The van der Waals surface area contributed by atoms with Gasteiger partial charge in [0, 0.05) is 20.2 Å². The van der Waals surface area contributed by atoms with Gasteiger partial charge in [0.05, 0.1) is 12.7 Å². The number of amides is 1. The maximum Gasteiger partial charge on any atom is 0.286 e. The highest BCUT2D eigenvalue weighted by atomic mass is 28.4. The summed E-state index contributed by atoms with van der Waals surface area (Å²) in [7, 11) is -1.77. The van der Waals surface area contributed by atoms with Gasteiger partial charge >= 0.3 is 0 Å². The first kappa shape index (κ1) is 24.5. The SMILES string of the molecule is CCCC[Si](C)(C)O[Si](C)(C)CCCOCC(O)CN(C)C(=O)C=O. The number of ether oxygens (including phenoxy) is 1. The average molecular weight is 392 g/mol. The van der Waals surface area contributed by atoms with Crippen molar-refractivity contribution in [2.75, 3.05) is 26.8 Å². The number of carbonyl (C=O) groups excluding carboxylic acids is 2. The third kappa shape index (κ3) is 12.4. The third-order valence-corrected chi connectivity index (χ3v) is 11.6. The van der Waals surface area contributed by atoms with Crippen molar-refractivity contribution < 1.29 is 23.5 Å². The molecule has 0 rings (SSSR count). The quantitative estimate of drug-likeness (QED) is 0.213. The highest BCUT2D eigenvalue weighted by molar-refractivity contribution is 6.84. The molecule has 0 saturated heterocycles. The number of aliphatic hydroxyl groups excluding tert-OH is 1. The predicted octanol–water partition coefficient (Wildman–Crippen LogP) is 2.64. The molecule has 0 aromatic rings. The first-order valence-corrected chi connectivity index (χ1v) is 15.4. The van der Waals surface area contributed by atoms with Crippen LogP contribution in [0, 0.1) is 0 Å². The molecule has 0 aliphatic carbocycles. The molecular weight excluding hydrogens is 354 g/mol. The van der Waals surface area contributed by atoms with Gasteiger partial charge in [0.15, 0.2) is 16.6 Å². The average Bonchev–Trinajstić information content (AvgIpc) is 2.50. The van der Waals surface area contributed by atoms with Crippen LogP contribution in [0.15, 0.2) is 0 Å². The van der Waals surface area contributed by atoms with Crippen molar-refractivity contribution in [3.8, 4) is 0 Å². The van der Waals surface area contributed by atoms with Crippen LogP contribution in [0.5, 0.6) is 0 Å². The molecule has 0 bridgehead atoms. The van der Waals surface area contributed by atoms with Crippen LogP contribution in [0.4, 0.5) is 0 Å². The van der Waals surface area contributed by atoms with E-state index in [0.717, 1.165) is 12.5 Å². The van der Waals surface area contributed by atoms with Crippen molar-refractivity contribution in [3.05, 3.63) is 0 Å². The van der Waals surface area contributed by atoms with E-state index in [1.807, 2.05) is 0 Å². The molecule has 0 radical (unpaired) electrons. The summed E-state index contributed by atoms with van der Waals surface area (Å²) in [6.07, 6.45) is 2.83. The molecule has 8 heteroatoms. The molecule has 1 amide bonds. The number of likely N-dealkylation sites (N-methyl/N-ethyl adjacent to an activating group) is 1. The van der Waals surface area contributed by atoms with Gasteiger partial charge in [-0.25, -0.2) is 0 Å². The number of unbranched alkanes of at least 4 members (excludes halogenated alkanes) is 1. The lowest BCUT2D eigenvalue weighted by Crippen LogP contribution is -2.44. The molecule has 0 fully saturated rings. The summed E-state index contributed by atoms with van der Waals surface area (Å²) in [4.78, 5) is 22.7. The van der Waals surface area contributed by atoms with Crippen molar-refractivity contribution in [3.63, 3.8) is 0 Å². The molecule has 1 atom stereocenters. The molecular formula is C17H37NO5Si2. The van der Waals surface area contributed by atoms with E-state index in [9.17, 15) is 14.7 Å². The number of hydrogen-bond acceptors (Lipinski definition) is 5. The van der Waals surface area contributed by atoms with Crippen LogP contribution in [0.25, 0.3) is 0 Å². The summed E-state index contributed by atoms with van der Waals surface area (Å²) in [6.45, 7) is 12.2. The molecule has 1 unspecified atom stereocenters. The van der Waals surface area contributed by atoms with Crippen LogP contribution in [0.3, 0.4) is 0 Å². The van der Waals surface area contributed by atoms with E-state index in [0.29, 0.717) is 6.61 Å². The van der Waals surface area contributed by atoms with Gasteiger partial charge in [-0.15, -0.1) is 0 Å². The fraction of sp³-hybridized carbons (Fsp3) is 0.882. The highest BCUT2D eigenvalue weighted by Crippen LogP contribution is 2.24. The van der Waals surface area contributed by atoms with Crippen LogP contribution in [0.2, 0.25) is 38.3 Å². The molecule has 0 aromatic heterocycles. The normalized spacial score (nSPS) is 13.6. The molecule has 25 heavy (non-hydrogen) atoms. The summed E-state index contributed by atoms with van der Waals surface area (Å²) in [5.74, 6) is -0.640. The van der Waals surface area contributed by atoms with E-state index in [1.165, 1.54) is 30.8 Å². The van der Waals surface area contributed by atoms with E-state index in [-0.39, 0.29) is 19.4 Å². The predicted molar refractivity (Wildman–Crippen MR) is 106 cm³/mol.